The molecule has 1 aromatic carbocycles. The molecule has 0 atom stereocenters. The standard InChI is InChI=1S/C14H22O5S/c1-4-18-14(19-5-2)9-10-20(15,16)13-8-6-7-12(11-13)17-3/h6-8,11,14H,4-5,9-10H2,1-3H3. The van der Waals surface area contributed by atoms with Gasteiger partial charge in [-0.15, -0.1) is 0 Å². The summed E-state index contributed by atoms with van der Waals surface area (Å²) in [6, 6.07) is 6.45. The highest BCUT2D eigenvalue weighted by Crippen LogP contribution is 2.19. The van der Waals surface area contributed by atoms with Crippen molar-refractivity contribution in [2.75, 3.05) is 26.1 Å². The van der Waals surface area contributed by atoms with Crippen LogP contribution in [0.4, 0.5) is 0 Å². The molecule has 1 aromatic rings. The number of rotatable bonds is 9. The van der Waals surface area contributed by atoms with Gasteiger partial charge >= 0.3 is 0 Å². The van der Waals surface area contributed by atoms with E-state index in [9.17, 15) is 8.42 Å². The molecule has 114 valence electrons. The van der Waals surface area contributed by atoms with Crippen LogP contribution in [0.1, 0.15) is 20.3 Å². The largest absolute Gasteiger partial charge is 0.497 e. The quantitative estimate of drug-likeness (QED) is 0.655. The molecule has 0 spiro atoms. The van der Waals surface area contributed by atoms with Crippen LogP contribution < -0.4 is 4.74 Å². The molecule has 0 aliphatic rings. The Morgan fingerprint density at radius 2 is 1.80 bits per heavy atom. The van der Waals surface area contributed by atoms with E-state index < -0.39 is 16.1 Å². The molecule has 0 bridgehead atoms. The predicted molar refractivity (Wildman–Crippen MR) is 76.7 cm³/mol. The lowest BCUT2D eigenvalue weighted by Crippen LogP contribution is -2.21. The van der Waals surface area contributed by atoms with Crippen molar-refractivity contribution in [1.29, 1.82) is 0 Å². The van der Waals surface area contributed by atoms with Gasteiger partial charge < -0.3 is 14.2 Å². The Bertz CT molecular complexity index is 492. The van der Waals surface area contributed by atoms with Gasteiger partial charge in [-0.05, 0) is 32.0 Å². The Balaban J connectivity index is 2.73. The zero-order valence-electron chi connectivity index (χ0n) is 12.2. The van der Waals surface area contributed by atoms with E-state index in [1.807, 2.05) is 13.8 Å². The highest BCUT2D eigenvalue weighted by Gasteiger charge is 2.18. The lowest BCUT2D eigenvalue weighted by Gasteiger charge is -2.16. The van der Waals surface area contributed by atoms with Crippen LogP contribution in [0.15, 0.2) is 29.2 Å². The van der Waals surface area contributed by atoms with Crippen LogP contribution in [0, 0.1) is 0 Å². The van der Waals surface area contributed by atoms with E-state index in [1.165, 1.54) is 13.2 Å². The Morgan fingerprint density at radius 3 is 2.35 bits per heavy atom. The van der Waals surface area contributed by atoms with Crippen LogP contribution in [-0.2, 0) is 19.3 Å². The third kappa shape index (κ3) is 5.11. The van der Waals surface area contributed by atoms with Gasteiger partial charge in [-0.3, -0.25) is 0 Å². The first-order valence-corrected chi connectivity index (χ1v) is 8.28. The van der Waals surface area contributed by atoms with Crippen molar-refractivity contribution in [3.63, 3.8) is 0 Å². The molecule has 0 aromatic heterocycles. The number of benzene rings is 1. The fourth-order valence-corrected chi connectivity index (χ4v) is 3.07. The van der Waals surface area contributed by atoms with Gasteiger partial charge in [0.05, 0.1) is 17.8 Å². The second kappa shape index (κ2) is 8.24. The van der Waals surface area contributed by atoms with E-state index in [2.05, 4.69) is 0 Å². The highest BCUT2D eigenvalue weighted by molar-refractivity contribution is 7.91. The van der Waals surface area contributed by atoms with Gasteiger partial charge in [0, 0.05) is 19.6 Å². The summed E-state index contributed by atoms with van der Waals surface area (Å²) in [5.41, 5.74) is 0. The Labute approximate surface area is 120 Å². The number of ether oxygens (including phenoxy) is 3. The molecule has 0 saturated carbocycles. The maximum Gasteiger partial charge on any atom is 0.178 e. The molecular weight excluding hydrogens is 280 g/mol. The zero-order valence-corrected chi connectivity index (χ0v) is 13.0. The fourth-order valence-electron chi connectivity index (χ4n) is 1.75. The minimum atomic E-state index is -3.36. The number of hydrogen-bond donors (Lipinski definition) is 0. The van der Waals surface area contributed by atoms with Gasteiger partial charge in [-0.25, -0.2) is 8.42 Å². The first kappa shape index (κ1) is 16.9. The van der Waals surface area contributed by atoms with Crippen LogP contribution in [0.2, 0.25) is 0 Å². The van der Waals surface area contributed by atoms with Crippen LogP contribution in [-0.4, -0.2) is 40.8 Å². The van der Waals surface area contributed by atoms with Crippen LogP contribution >= 0.6 is 0 Å². The molecule has 0 aliphatic carbocycles. The average Bonchev–Trinajstić information content (AvgIpc) is 2.45. The van der Waals surface area contributed by atoms with Crippen molar-refractivity contribution >= 4 is 9.84 Å². The van der Waals surface area contributed by atoms with E-state index in [-0.39, 0.29) is 10.6 Å². The van der Waals surface area contributed by atoms with Gasteiger partial charge in [0.15, 0.2) is 16.1 Å². The maximum atomic E-state index is 12.2. The molecule has 0 fully saturated rings. The summed E-state index contributed by atoms with van der Waals surface area (Å²) in [4.78, 5) is 0.253. The zero-order chi connectivity index (χ0) is 15.0. The highest BCUT2D eigenvalue weighted by atomic mass is 32.2. The van der Waals surface area contributed by atoms with Crippen LogP contribution in [0.3, 0.4) is 0 Å². The van der Waals surface area contributed by atoms with E-state index in [1.54, 1.807) is 18.2 Å². The second-order valence-corrected chi connectivity index (χ2v) is 6.24. The smallest absolute Gasteiger partial charge is 0.178 e. The molecule has 0 unspecified atom stereocenters. The molecule has 0 aliphatic heterocycles. The molecule has 0 amide bonds. The number of sulfone groups is 1. The summed E-state index contributed by atoms with van der Waals surface area (Å²) in [5.74, 6) is 0.502. The van der Waals surface area contributed by atoms with Gasteiger partial charge in [-0.1, -0.05) is 6.07 Å². The van der Waals surface area contributed by atoms with Gasteiger partial charge in [-0.2, -0.15) is 0 Å². The SMILES string of the molecule is CCOC(CCS(=O)(=O)c1cccc(OC)c1)OCC. The monoisotopic (exact) mass is 302 g/mol. The third-order valence-corrected chi connectivity index (χ3v) is 4.47. The topological polar surface area (TPSA) is 61.8 Å². The number of methoxy groups -OCH3 is 1. The Kier molecular flexibility index (Phi) is 6.98. The molecule has 20 heavy (non-hydrogen) atoms. The summed E-state index contributed by atoms with van der Waals surface area (Å²) >= 11 is 0. The second-order valence-electron chi connectivity index (χ2n) is 4.13. The molecule has 0 N–H and O–H groups in total. The van der Waals surface area contributed by atoms with Crippen molar-refractivity contribution in [3.05, 3.63) is 24.3 Å². The summed E-state index contributed by atoms with van der Waals surface area (Å²) in [5, 5.41) is 0. The van der Waals surface area contributed by atoms with Crippen molar-refractivity contribution in [1.82, 2.24) is 0 Å². The van der Waals surface area contributed by atoms with Crippen molar-refractivity contribution in [2.24, 2.45) is 0 Å². The molecule has 0 radical (unpaired) electrons. The van der Waals surface area contributed by atoms with Crippen molar-refractivity contribution in [2.45, 2.75) is 31.5 Å². The normalized spacial score (nSPS) is 11.8. The molecule has 1 rings (SSSR count). The van der Waals surface area contributed by atoms with E-state index in [0.717, 1.165) is 0 Å². The molecular formula is C14H22O5S. The molecule has 6 heteroatoms. The summed E-state index contributed by atoms with van der Waals surface area (Å²) < 4.78 is 40.2. The van der Waals surface area contributed by atoms with Gasteiger partial charge in [0.2, 0.25) is 0 Å². The Hall–Kier alpha value is -1.11. The summed E-state index contributed by atoms with van der Waals surface area (Å²) in [6.45, 7) is 4.68. The van der Waals surface area contributed by atoms with E-state index >= 15 is 0 Å². The first-order chi connectivity index (χ1) is 9.53. The van der Waals surface area contributed by atoms with Crippen molar-refractivity contribution < 1.29 is 22.6 Å². The summed E-state index contributed by atoms with van der Waals surface area (Å²) in [6.07, 6.45) is -0.174. The number of hydrogen-bond acceptors (Lipinski definition) is 5. The first-order valence-electron chi connectivity index (χ1n) is 6.63. The van der Waals surface area contributed by atoms with Gasteiger partial charge in [0.25, 0.3) is 0 Å². The maximum absolute atomic E-state index is 12.2. The molecule has 5 nitrogen and oxygen atoms in total. The third-order valence-electron chi connectivity index (χ3n) is 2.73. The lowest BCUT2D eigenvalue weighted by atomic mass is 10.3. The lowest BCUT2D eigenvalue weighted by molar-refractivity contribution is -0.136. The van der Waals surface area contributed by atoms with E-state index in [0.29, 0.717) is 25.4 Å². The average molecular weight is 302 g/mol. The van der Waals surface area contributed by atoms with E-state index in [4.69, 9.17) is 14.2 Å². The van der Waals surface area contributed by atoms with Crippen molar-refractivity contribution in [3.8, 4) is 5.75 Å². The predicted octanol–water partition coefficient (Wildman–Crippen LogP) is 2.26. The van der Waals surface area contributed by atoms with Crippen LogP contribution in [0.25, 0.3) is 0 Å². The summed E-state index contributed by atoms with van der Waals surface area (Å²) in [7, 11) is -1.86. The fraction of sp³-hybridized carbons (Fsp3) is 0.571. The molecule has 0 saturated heterocycles. The molecule has 0 heterocycles. The minimum absolute atomic E-state index is 0.0230. The van der Waals surface area contributed by atoms with Gasteiger partial charge in [0.1, 0.15) is 5.75 Å². The minimum Gasteiger partial charge on any atom is -0.497 e. The Morgan fingerprint density at radius 1 is 1.15 bits per heavy atom. The van der Waals surface area contributed by atoms with Crippen LogP contribution in [0.5, 0.6) is 5.75 Å².